The summed E-state index contributed by atoms with van der Waals surface area (Å²) in [5.74, 6) is 0.403. The Balaban J connectivity index is 2.15. The standard InChI is InChI=1S/C15H9Cl2NO2/c1-8(19)9-2-3-13-14(6-9)20-15(18-13)10-4-11(16)7-12(17)5-10/h2-7H,1H3. The summed E-state index contributed by atoms with van der Waals surface area (Å²) in [6.45, 7) is 1.51. The monoisotopic (exact) mass is 305 g/mol. The normalized spacial score (nSPS) is 10.9. The lowest BCUT2D eigenvalue weighted by Gasteiger charge is -1.97. The number of oxazole rings is 1. The van der Waals surface area contributed by atoms with Gasteiger partial charge >= 0.3 is 0 Å². The summed E-state index contributed by atoms with van der Waals surface area (Å²) in [6, 6.07) is 10.3. The Labute approximate surface area is 125 Å². The minimum atomic E-state index is -0.0179. The maximum absolute atomic E-state index is 11.4. The van der Waals surface area contributed by atoms with Crippen molar-refractivity contribution in [3.05, 3.63) is 52.0 Å². The van der Waals surface area contributed by atoms with Gasteiger partial charge in [0.15, 0.2) is 11.4 Å². The third-order valence-electron chi connectivity index (χ3n) is 2.90. The summed E-state index contributed by atoms with van der Waals surface area (Å²) >= 11 is 11.9. The van der Waals surface area contributed by atoms with Crippen LogP contribution in [-0.2, 0) is 0 Å². The molecular weight excluding hydrogens is 297 g/mol. The molecule has 3 aromatic rings. The Morgan fingerprint density at radius 2 is 1.80 bits per heavy atom. The molecule has 0 atom stereocenters. The molecule has 1 heterocycles. The lowest BCUT2D eigenvalue weighted by Crippen LogP contribution is -1.89. The van der Waals surface area contributed by atoms with Crippen LogP contribution < -0.4 is 0 Å². The third kappa shape index (κ3) is 2.42. The van der Waals surface area contributed by atoms with Crippen LogP contribution >= 0.6 is 23.2 Å². The molecule has 0 aliphatic heterocycles. The zero-order chi connectivity index (χ0) is 14.3. The Morgan fingerprint density at radius 1 is 1.10 bits per heavy atom. The van der Waals surface area contributed by atoms with Crippen molar-refractivity contribution in [3.8, 4) is 11.5 Å². The number of nitrogens with zero attached hydrogens (tertiary/aromatic N) is 1. The highest BCUT2D eigenvalue weighted by Gasteiger charge is 2.11. The smallest absolute Gasteiger partial charge is 0.227 e. The summed E-state index contributed by atoms with van der Waals surface area (Å²) < 4.78 is 5.67. The van der Waals surface area contributed by atoms with Crippen molar-refractivity contribution in [1.29, 1.82) is 0 Å². The molecule has 5 heteroatoms. The first-order valence-electron chi connectivity index (χ1n) is 5.91. The second kappa shape index (κ2) is 4.93. The number of carbonyl (C=O) groups is 1. The highest BCUT2D eigenvalue weighted by atomic mass is 35.5. The highest BCUT2D eigenvalue weighted by molar-refractivity contribution is 6.35. The van der Waals surface area contributed by atoms with Crippen molar-refractivity contribution in [2.45, 2.75) is 6.92 Å². The van der Waals surface area contributed by atoms with E-state index < -0.39 is 0 Å². The minimum Gasteiger partial charge on any atom is -0.436 e. The molecule has 0 radical (unpaired) electrons. The molecule has 20 heavy (non-hydrogen) atoms. The van der Waals surface area contributed by atoms with Gasteiger partial charge in [0, 0.05) is 21.2 Å². The number of carbonyl (C=O) groups excluding carboxylic acids is 1. The molecule has 0 unspecified atom stereocenters. The van der Waals surface area contributed by atoms with Crippen molar-refractivity contribution >= 4 is 40.1 Å². The summed E-state index contributed by atoms with van der Waals surface area (Å²) in [7, 11) is 0. The largest absolute Gasteiger partial charge is 0.436 e. The number of aromatic nitrogens is 1. The van der Waals surface area contributed by atoms with Crippen LogP contribution in [0.3, 0.4) is 0 Å². The van der Waals surface area contributed by atoms with E-state index in [0.29, 0.717) is 38.2 Å². The molecule has 0 bridgehead atoms. The van der Waals surface area contributed by atoms with Crippen molar-refractivity contribution in [3.63, 3.8) is 0 Å². The number of ketones is 1. The first-order valence-corrected chi connectivity index (χ1v) is 6.66. The SMILES string of the molecule is CC(=O)c1ccc2nc(-c3cc(Cl)cc(Cl)c3)oc2c1. The van der Waals surface area contributed by atoms with E-state index in [0.717, 1.165) is 0 Å². The molecule has 2 aromatic carbocycles. The van der Waals surface area contributed by atoms with Crippen molar-refractivity contribution in [2.24, 2.45) is 0 Å². The Morgan fingerprint density at radius 3 is 2.45 bits per heavy atom. The van der Waals surface area contributed by atoms with Gasteiger partial charge in [-0.25, -0.2) is 4.98 Å². The first-order chi connectivity index (χ1) is 9.52. The van der Waals surface area contributed by atoms with Gasteiger partial charge < -0.3 is 4.42 Å². The van der Waals surface area contributed by atoms with Crippen molar-refractivity contribution < 1.29 is 9.21 Å². The Hall–Kier alpha value is -1.84. The first kappa shape index (κ1) is 13.2. The topological polar surface area (TPSA) is 43.1 Å². The average Bonchev–Trinajstić information content (AvgIpc) is 2.80. The number of hydrogen-bond acceptors (Lipinski definition) is 3. The molecule has 100 valence electrons. The predicted molar refractivity (Wildman–Crippen MR) is 79.5 cm³/mol. The average molecular weight is 306 g/mol. The molecular formula is C15H9Cl2NO2. The van der Waals surface area contributed by atoms with Gasteiger partial charge in [0.05, 0.1) is 0 Å². The van der Waals surface area contributed by atoms with Crippen LogP contribution in [0.4, 0.5) is 0 Å². The lowest BCUT2D eigenvalue weighted by molar-refractivity contribution is 0.101. The van der Waals surface area contributed by atoms with Gasteiger partial charge in [-0.2, -0.15) is 0 Å². The molecule has 0 aliphatic carbocycles. The fourth-order valence-electron chi connectivity index (χ4n) is 1.94. The van der Waals surface area contributed by atoms with E-state index in [1.807, 2.05) is 0 Å². The lowest BCUT2D eigenvalue weighted by atomic mass is 10.1. The Bertz CT molecular complexity index is 804. The fourth-order valence-corrected chi connectivity index (χ4v) is 2.47. The van der Waals surface area contributed by atoms with E-state index in [9.17, 15) is 4.79 Å². The van der Waals surface area contributed by atoms with Gasteiger partial charge in [0.2, 0.25) is 5.89 Å². The zero-order valence-electron chi connectivity index (χ0n) is 10.5. The second-order valence-electron chi connectivity index (χ2n) is 4.42. The summed E-state index contributed by atoms with van der Waals surface area (Å²) in [5.41, 5.74) is 2.53. The number of Topliss-reactive ketones (excluding diaryl/α,β-unsaturated/α-hetero) is 1. The second-order valence-corrected chi connectivity index (χ2v) is 5.29. The van der Waals surface area contributed by atoms with Crippen LogP contribution in [0.1, 0.15) is 17.3 Å². The Kier molecular flexibility index (Phi) is 3.24. The number of benzene rings is 2. The van der Waals surface area contributed by atoms with E-state index >= 15 is 0 Å². The van der Waals surface area contributed by atoms with Crippen LogP contribution in [-0.4, -0.2) is 10.8 Å². The maximum Gasteiger partial charge on any atom is 0.227 e. The minimum absolute atomic E-state index is 0.0179. The molecule has 3 nitrogen and oxygen atoms in total. The number of fused-ring (bicyclic) bond motifs is 1. The molecule has 0 amide bonds. The van der Waals surface area contributed by atoms with Crippen molar-refractivity contribution in [1.82, 2.24) is 4.98 Å². The summed E-state index contributed by atoms with van der Waals surface area (Å²) in [5, 5.41) is 1.03. The maximum atomic E-state index is 11.4. The van der Waals surface area contributed by atoms with Gasteiger partial charge in [-0.15, -0.1) is 0 Å². The highest BCUT2D eigenvalue weighted by Crippen LogP contribution is 2.29. The third-order valence-corrected chi connectivity index (χ3v) is 3.34. The van der Waals surface area contributed by atoms with E-state index in [2.05, 4.69) is 4.98 Å². The van der Waals surface area contributed by atoms with Crippen LogP contribution in [0.2, 0.25) is 10.0 Å². The van der Waals surface area contributed by atoms with E-state index in [4.69, 9.17) is 27.6 Å². The molecule has 0 fully saturated rings. The number of hydrogen-bond donors (Lipinski definition) is 0. The van der Waals surface area contributed by atoms with Gasteiger partial charge in [0.25, 0.3) is 0 Å². The molecule has 0 saturated carbocycles. The van der Waals surface area contributed by atoms with Gasteiger partial charge in [-0.05, 0) is 43.3 Å². The summed E-state index contributed by atoms with van der Waals surface area (Å²) in [6.07, 6.45) is 0. The van der Waals surface area contributed by atoms with Gasteiger partial charge in [0.1, 0.15) is 5.52 Å². The molecule has 0 saturated heterocycles. The van der Waals surface area contributed by atoms with E-state index in [-0.39, 0.29) is 5.78 Å². The fraction of sp³-hybridized carbons (Fsp3) is 0.0667. The molecule has 0 N–H and O–H groups in total. The summed E-state index contributed by atoms with van der Waals surface area (Å²) in [4.78, 5) is 15.7. The van der Waals surface area contributed by atoms with Crippen LogP contribution in [0.5, 0.6) is 0 Å². The zero-order valence-corrected chi connectivity index (χ0v) is 12.0. The van der Waals surface area contributed by atoms with Crippen LogP contribution in [0.15, 0.2) is 40.8 Å². The molecule has 3 rings (SSSR count). The molecule has 0 aliphatic rings. The van der Waals surface area contributed by atoms with E-state index in [1.54, 1.807) is 36.4 Å². The number of rotatable bonds is 2. The van der Waals surface area contributed by atoms with Crippen molar-refractivity contribution in [2.75, 3.05) is 0 Å². The van der Waals surface area contributed by atoms with Gasteiger partial charge in [-0.3, -0.25) is 4.79 Å². The van der Waals surface area contributed by atoms with Crippen LogP contribution in [0, 0.1) is 0 Å². The van der Waals surface area contributed by atoms with E-state index in [1.165, 1.54) is 6.92 Å². The predicted octanol–water partition coefficient (Wildman–Crippen LogP) is 5.00. The number of halogens is 2. The molecule has 0 spiro atoms. The quantitative estimate of drug-likeness (QED) is 0.625. The van der Waals surface area contributed by atoms with Gasteiger partial charge in [-0.1, -0.05) is 23.2 Å². The molecule has 1 aromatic heterocycles. The van der Waals surface area contributed by atoms with Crippen LogP contribution in [0.25, 0.3) is 22.6 Å².